The number of rotatable bonds is 5. The van der Waals surface area contributed by atoms with Crippen LogP contribution in [0.15, 0.2) is 18.2 Å². The Bertz CT molecular complexity index is 421. The van der Waals surface area contributed by atoms with Crippen LogP contribution >= 0.6 is 0 Å². The van der Waals surface area contributed by atoms with Gasteiger partial charge < -0.3 is 10.4 Å². The molecule has 5 nitrogen and oxygen atoms in total. The number of benzene rings is 1. The van der Waals surface area contributed by atoms with E-state index in [0.717, 1.165) is 6.07 Å². The molecular formula is C11H15FN2O3. The lowest BCUT2D eigenvalue weighted by Crippen LogP contribution is -2.42. The van der Waals surface area contributed by atoms with E-state index >= 15 is 0 Å². The Kier molecular flexibility index (Phi) is 4.14. The number of hydrogen-bond acceptors (Lipinski definition) is 4. The minimum absolute atomic E-state index is 0.108. The number of aliphatic hydroxyl groups is 1. The summed E-state index contributed by atoms with van der Waals surface area (Å²) in [5, 5.41) is 22.5. The fourth-order valence-corrected chi connectivity index (χ4v) is 1.23. The van der Waals surface area contributed by atoms with E-state index in [1.165, 1.54) is 12.1 Å². The maximum Gasteiger partial charge on any atom is 0.305 e. The Hall–Kier alpha value is -1.53. The molecular weight excluding hydrogens is 227 g/mol. The highest BCUT2D eigenvalue weighted by atomic mass is 19.1. The van der Waals surface area contributed by atoms with Gasteiger partial charge in [-0.2, -0.15) is 4.39 Å². The second-order valence-electron chi connectivity index (χ2n) is 4.40. The summed E-state index contributed by atoms with van der Waals surface area (Å²) in [6, 6.07) is 4.03. The number of halogens is 1. The van der Waals surface area contributed by atoms with Gasteiger partial charge in [-0.15, -0.1) is 0 Å². The van der Waals surface area contributed by atoms with Crippen molar-refractivity contribution in [3.8, 4) is 0 Å². The fourth-order valence-electron chi connectivity index (χ4n) is 1.23. The molecule has 0 bridgehead atoms. The molecule has 1 rings (SSSR count). The third-order valence-electron chi connectivity index (χ3n) is 2.41. The van der Waals surface area contributed by atoms with Crippen LogP contribution < -0.4 is 5.32 Å². The third kappa shape index (κ3) is 3.47. The minimum atomic E-state index is -0.835. The van der Waals surface area contributed by atoms with Crippen LogP contribution in [0.25, 0.3) is 0 Å². The van der Waals surface area contributed by atoms with Gasteiger partial charge in [-0.1, -0.05) is 12.1 Å². The molecule has 0 radical (unpaired) electrons. The van der Waals surface area contributed by atoms with Gasteiger partial charge in [0.25, 0.3) is 0 Å². The zero-order valence-corrected chi connectivity index (χ0v) is 9.74. The molecule has 1 aromatic carbocycles. The topological polar surface area (TPSA) is 75.4 Å². The van der Waals surface area contributed by atoms with Crippen LogP contribution in [0, 0.1) is 15.9 Å². The summed E-state index contributed by atoms with van der Waals surface area (Å²) in [5.74, 6) is -0.835. The molecule has 0 fully saturated rings. The summed E-state index contributed by atoms with van der Waals surface area (Å²) in [6.45, 7) is 3.52. The Morgan fingerprint density at radius 3 is 2.71 bits per heavy atom. The molecule has 1 aromatic rings. The third-order valence-corrected chi connectivity index (χ3v) is 2.41. The molecule has 0 aromatic heterocycles. The maximum absolute atomic E-state index is 13.7. The van der Waals surface area contributed by atoms with Gasteiger partial charge in [-0.25, -0.2) is 0 Å². The van der Waals surface area contributed by atoms with Crippen molar-refractivity contribution in [3.63, 3.8) is 0 Å². The van der Waals surface area contributed by atoms with E-state index in [1.54, 1.807) is 13.8 Å². The summed E-state index contributed by atoms with van der Waals surface area (Å²) in [7, 11) is 0. The zero-order chi connectivity index (χ0) is 13.1. The number of nitro benzene ring substituents is 1. The molecule has 0 aliphatic heterocycles. The first-order chi connectivity index (χ1) is 7.87. The number of nitro groups is 1. The van der Waals surface area contributed by atoms with Gasteiger partial charge in [0.15, 0.2) is 0 Å². The molecule has 0 aliphatic carbocycles. The SMILES string of the molecule is CC(C)(CO)NCc1cccc([N+](=O)[O-])c1F. The Morgan fingerprint density at radius 2 is 2.18 bits per heavy atom. The van der Waals surface area contributed by atoms with Gasteiger partial charge in [0.1, 0.15) is 0 Å². The maximum atomic E-state index is 13.7. The smallest absolute Gasteiger partial charge is 0.305 e. The van der Waals surface area contributed by atoms with E-state index in [2.05, 4.69) is 5.32 Å². The van der Waals surface area contributed by atoms with Crippen molar-refractivity contribution in [2.75, 3.05) is 6.61 Å². The monoisotopic (exact) mass is 242 g/mol. The molecule has 6 heteroatoms. The van der Waals surface area contributed by atoms with Crippen molar-refractivity contribution in [1.82, 2.24) is 5.32 Å². The highest BCUT2D eigenvalue weighted by Gasteiger charge is 2.20. The Balaban J connectivity index is 2.86. The Morgan fingerprint density at radius 1 is 1.53 bits per heavy atom. The first-order valence-corrected chi connectivity index (χ1v) is 5.15. The predicted octanol–water partition coefficient (Wildman–Crippen LogP) is 1.59. The minimum Gasteiger partial charge on any atom is -0.394 e. The van der Waals surface area contributed by atoms with Crippen LogP contribution in [0.4, 0.5) is 10.1 Å². The Labute approximate surface area is 98.4 Å². The van der Waals surface area contributed by atoms with Gasteiger partial charge in [-0.05, 0) is 13.8 Å². The summed E-state index contributed by atoms with van der Waals surface area (Å²) >= 11 is 0. The molecule has 2 N–H and O–H groups in total. The van der Waals surface area contributed by atoms with E-state index in [-0.39, 0.29) is 18.7 Å². The molecule has 0 atom stereocenters. The van der Waals surface area contributed by atoms with Crippen molar-refractivity contribution >= 4 is 5.69 Å². The van der Waals surface area contributed by atoms with E-state index in [0.29, 0.717) is 0 Å². The fraction of sp³-hybridized carbons (Fsp3) is 0.455. The van der Waals surface area contributed by atoms with Gasteiger partial charge >= 0.3 is 5.69 Å². The summed E-state index contributed by atoms with van der Waals surface area (Å²) in [6.07, 6.45) is 0. The predicted molar refractivity (Wildman–Crippen MR) is 61.1 cm³/mol. The van der Waals surface area contributed by atoms with E-state index in [9.17, 15) is 14.5 Å². The number of aliphatic hydroxyl groups excluding tert-OH is 1. The first kappa shape index (κ1) is 13.5. The first-order valence-electron chi connectivity index (χ1n) is 5.15. The van der Waals surface area contributed by atoms with Crippen molar-refractivity contribution < 1.29 is 14.4 Å². The molecule has 0 saturated carbocycles. The highest BCUT2D eigenvalue weighted by Crippen LogP contribution is 2.20. The lowest BCUT2D eigenvalue weighted by atomic mass is 10.1. The van der Waals surface area contributed by atoms with Gasteiger partial charge in [0, 0.05) is 23.7 Å². The normalized spacial score (nSPS) is 11.5. The van der Waals surface area contributed by atoms with E-state index in [1.807, 2.05) is 0 Å². The second-order valence-corrected chi connectivity index (χ2v) is 4.40. The molecule has 0 spiro atoms. The summed E-state index contributed by atoms with van der Waals surface area (Å²) < 4.78 is 13.7. The van der Waals surface area contributed by atoms with E-state index < -0.39 is 22.0 Å². The van der Waals surface area contributed by atoms with Crippen LogP contribution in [0.5, 0.6) is 0 Å². The average molecular weight is 242 g/mol. The molecule has 0 amide bonds. The number of nitrogens with zero attached hydrogens (tertiary/aromatic N) is 1. The van der Waals surface area contributed by atoms with Crippen molar-refractivity contribution in [3.05, 3.63) is 39.7 Å². The van der Waals surface area contributed by atoms with Crippen LogP contribution in [0.2, 0.25) is 0 Å². The molecule has 0 saturated heterocycles. The van der Waals surface area contributed by atoms with Crippen LogP contribution in [0.3, 0.4) is 0 Å². The molecule has 0 unspecified atom stereocenters. The number of hydrogen-bond donors (Lipinski definition) is 2. The van der Waals surface area contributed by atoms with Crippen molar-refractivity contribution in [2.45, 2.75) is 25.9 Å². The standard InChI is InChI=1S/C11H15FN2O3/c1-11(2,7-15)13-6-8-4-3-5-9(10(8)12)14(16)17/h3-5,13,15H,6-7H2,1-2H3. The van der Waals surface area contributed by atoms with Gasteiger partial charge in [-0.3, -0.25) is 10.1 Å². The lowest BCUT2D eigenvalue weighted by Gasteiger charge is -2.23. The molecule has 94 valence electrons. The molecule has 0 aliphatic rings. The number of nitrogens with one attached hydrogen (secondary N) is 1. The summed E-state index contributed by atoms with van der Waals surface area (Å²) in [4.78, 5) is 9.78. The zero-order valence-electron chi connectivity index (χ0n) is 9.74. The highest BCUT2D eigenvalue weighted by molar-refractivity contribution is 5.36. The van der Waals surface area contributed by atoms with Crippen molar-refractivity contribution in [2.24, 2.45) is 0 Å². The molecule has 0 heterocycles. The largest absolute Gasteiger partial charge is 0.394 e. The van der Waals surface area contributed by atoms with Crippen LogP contribution in [-0.2, 0) is 6.54 Å². The van der Waals surface area contributed by atoms with E-state index in [4.69, 9.17) is 5.11 Å². The summed E-state index contributed by atoms with van der Waals surface area (Å²) in [5.41, 5.74) is -0.885. The second kappa shape index (κ2) is 5.20. The van der Waals surface area contributed by atoms with Gasteiger partial charge in [0.2, 0.25) is 5.82 Å². The van der Waals surface area contributed by atoms with Crippen LogP contribution in [-0.4, -0.2) is 22.2 Å². The van der Waals surface area contributed by atoms with Gasteiger partial charge in [0.05, 0.1) is 11.5 Å². The average Bonchev–Trinajstić information content (AvgIpc) is 2.27. The van der Waals surface area contributed by atoms with Crippen LogP contribution in [0.1, 0.15) is 19.4 Å². The van der Waals surface area contributed by atoms with Crippen molar-refractivity contribution in [1.29, 1.82) is 0 Å². The quantitative estimate of drug-likeness (QED) is 0.607. The molecule has 17 heavy (non-hydrogen) atoms. The lowest BCUT2D eigenvalue weighted by molar-refractivity contribution is -0.387.